The summed E-state index contributed by atoms with van der Waals surface area (Å²) in [5, 5.41) is 20.5. The van der Waals surface area contributed by atoms with Gasteiger partial charge in [-0.25, -0.2) is 4.79 Å². The number of hydrogen-bond acceptors (Lipinski definition) is 4. The largest absolute Gasteiger partial charge is 0.481 e. The molecule has 2 heterocycles. The van der Waals surface area contributed by atoms with E-state index in [-0.39, 0.29) is 25.0 Å². The number of rotatable bonds is 4. The number of likely N-dealkylation sites (tertiary alicyclic amines) is 1. The maximum atomic E-state index is 12.1. The highest BCUT2D eigenvalue weighted by molar-refractivity contribution is 5.89. The molecule has 0 unspecified atom stereocenters. The average Bonchev–Trinajstić information content (AvgIpc) is 2.49. The summed E-state index contributed by atoms with van der Waals surface area (Å²) in [6.07, 6.45) is 2.93. The van der Waals surface area contributed by atoms with Gasteiger partial charge in [0.15, 0.2) is 0 Å². The van der Waals surface area contributed by atoms with Crippen molar-refractivity contribution < 1.29 is 19.8 Å². The minimum absolute atomic E-state index is 0.136. The molecule has 0 atom stereocenters. The van der Waals surface area contributed by atoms with Crippen LogP contribution in [0.1, 0.15) is 18.5 Å². The van der Waals surface area contributed by atoms with Crippen LogP contribution in [0.15, 0.2) is 18.3 Å². The lowest BCUT2D eigenvalue weighted by atomic mass is 9.98. The molecular weight excluding hydrogens is 274 g/mol. The summed E-state index contributed by atoms with van der Waals surface area (Å²) < 4.78 is 0. The second-order valence-electron chi connectivity index (χ2n) is 5.15. The number of anilines is 1. The smallest absolute Gasteiger partial charge is 0.321 e. The van der Waals surface area contributed by atoms with E-state index in [9.17, 15) is 9.59 Å². The van der Waals surface area contributed by atoms with E-state index in [4.69, 9.17) is 10.2 Å². The van der Waals surface area contributed by atoms with Crippen LogP contribution >= 0.6 is 0 Å². The first-order valence-corrected chi connectivity index (χ1v) is 6.92. The van der Waals surface area contributed by atoms with Crippen molar-refractivity contribution in [2.45, 2.75) is 19.3 Å². The van der Waals surface area contributed by atoms with Crippen LogP contribution in [0.3, 0.4) is 0 Å². The summed E-state index contributed by atoms with van der Waals surface area (Å²) in [7, 11) is 0. The lowest BCUT2D eigenvalue weighted by molar-refractivity contribution is -0.136. The molecule has 7 heteroatoms. The first kappa shape index (κ1) is 15.2. The second kappa shape index (κ2) is 7.03. The number of pyridine rings is 1. The number of piperidine rings is 1. The third kappa shape index (κ3) is 4.42. The van der Waals surface area contributed by atoms with Gasteiger partial charge in [-0.1, -0.05) is 0 Å². The molecule has 1 fully saturated rings. The van der Waals surface area contributed by atoms with Crippen LogP contribution in [-0.4, -0.2) is 51.8 Å². The number of nitrogens with zero attached hydrogens (tertiary/aromatic N) is 2. The lowest BCUT2D eigenvalue weighted by Crippen LogP contribution is -2.41. The van der Waals surface area contributed by atoms with Gasteiger partial charge in [0, 0.05) is 19.7 Å². The van der Waals surface area contributed by atoms with E-state index in [1.54, 1.807) is 17.0 Å². The Morgan fingerprint density at radius 2 is 2.05 bits per heavy atom. The molecule has 1 saturated heterocycles. The van der Waals surface area contributed by atoms with Gasteiger partial charge in [0.25, 0.3) is 0 Å². The summed E-state index contributed by atoms with van der Waals surface area (Å²) in [5.74, 6) is -0.656. The third-order valence-electron chi connectivity index (χ3n) is 3.57. The topological polar surface area (TPSA) is 103 Å². The van der Waals surface area contributed by atoms with Gasteiger partial charge in [0.1, 0.15) is 0 Å². The summed E-state index contributed by atoms with van der Waals surface area (Å²) >= 11 is 0. The number of amides is 2. The number of carbonyl (C=O) groups is 2. The van der Waals surface area contributed by atoms with Crippen molar-refractivity contribution in [3.63, 3.8) is 0 Å². The molecule has 21 heavy (non-hydrogen) atoms. The van der Waals surface area contributed by atoms with Gasteiger partial charge in [-0.3, -0.25) is 9.78 Å². The van der Waals surface area contributed by atoms with E-state index in [0.29, 0.717) is 24.5 Å². The monoisotopic (exact) mass is 293 g/mol. The number of carboxylic acid groups (broad SMARTS) is 1. The summed E-state index contributed by atoms with van der Waals surface area (Å²) in [5.41, 5.74) is 0.989. The Bertz CT molecular complexity index is 495. The number of carboxylic acids is 1. The van der Waals surface area contributed by atoms with Crippen molar-refractivity contribution in [1.82, 2.24) is 9.88 Å². The fourth-order valence-electron chi connectivity index (χ4n) is 2.28. The minimum atomic E-state index is -0.939. The molecule has 1 aromatic rings. The molecule has 114 valence electrons. The SMILES string of the molecule is O=C(O)Cc1ccc(NC(=O)N2CCC(CO)CC2)cn1. The number of hydrogen-bond donors (Lipinski definition) is 3. The van der Waals surface area contributed by atoms with Gasteiger partial charge in [0.05, 0.1) is 24.0 Å². The van der Waals surface area contributed by atoms with Gasteiger partial charge in [-0.15, -0.1) is 0 Å². The van der Waals surface area contributed by atoms with Gasteiger partial charge in [-0.05, 0) is 30.9 Å². The summed E-state index contributed by atoms with van der Waals surface area (Å²) in [4.78, 5) is 28.3. The number of aliphatic hydroxyl groups excluding tert-OH is 1. The van der Waals surface area contributed by atoms with Crippen molar-refractivity contribution in [2.24, 2.45) is 5.92 Å². The van der Waals surface area contributed by atoms with Crippen molar-refractivity contribution in [3.8, 4) is 0 Å². The van der Waals surface area contributed by atoms with Crippen LogP contribution in [0.5, 0.6) is 0 Å². The molecule has 2 rings (SSSR count). The van der Waals surface area contributed by atoms with Gasteiger partial charge < -0.3 is 20.4 Å². The van der Waals surface area contributed by atoms with Crippen LogP contribution in [0.2, 0.25) is 0 Å². The zero-order valence-electron chi connectivity index (χ0n) is 11.7. The molecule has 0 bridgehead atoms. The Balaban J connectivity index is 1.86. The minimum Gasteiger partial charge on any atom is -0.481 e. The van der Waals surface area contributed by atoms with Crippen LogP contribution in [0.25, 0.3) is 0 Å². The van der Waals surface area contributed by atoms with Crippen molar-refractivity contribution >= 4 is 17.7 Å². The number of aliphatic carboxylic acids is 1. The van der Waals surface area contributed by atoms with Crippen molar-refractivity contribution in [3.05, 3.63) is 24.0 Å². The summed E-state index contributed by atoms with van der Waals surface area (Å²) in [6, 6.07) is 3.03. The normalized spacial score (nSPS) is 15.8. The molecular formula is C14H19N3O4. The molecule has 1 aromatic heterocycles. The van der Waals surface area contributed by atoms with E-state index in [0.717, 1.165) is 12.8 Å². The van der Waals surface area contributed by atoms with Gasteiger partial charge in [0.2, 0.25) is 0 Å². The highest BCUT2D eigenvalue weighted by Crippen LogP contribution is 2.17. The fourth-order valence-corrected chi connectivity index (χ4v) is 2.28. The molecule has 3 N–H and O–H groups in total. The molecule has 1 aliphatic heterocycles. The standard InChI is InChI=1S/C14H19N3O4/c18-9-10-3-5-17(6-4-10)14(21)16-12-2-1-11(15-8-12)7-13(19)20/h1-2,8,10,18H,3-7,9H2,(H,16,21)(H,19,20). The maximum Gasteiger partial charge on any atom is 0.321 e. The Labute approximate surface area is 122 Å². The number of urea groups is 1. The maximum absolute atomic E-state index is 12.1. The van der Waals surface area contributed by atoms with Gasteiger partial charge >= 0.3 is 12.0 Å². The first-order chi connectivity index (χ1) is 10.1. The highest BCUT2D eigenvalue weighted by Gasteiger charge is 2.22. The predicted molar refractivity (Wildman–Crippen MR) is 76.0 cm³/mol. The van der Waals surface area contributed by atoms with E-state index in [2.05, 4.69) is 10.3 Å². The Hall–Kier alpha value is -2.15. The van der Waals surface area contributed by atoms with Crippen LogP contribution in [0, 0.1) is 5.92 Å². The van der Waals surface area contributed by atoms with Gasteiger partial charge in [-0.2, -0.15) is 0 Å². The Kier molecular flexibility index (Phi) is 5.10. The molecule has 0 aliphatic carbocycles. The number of nitrogens with one attached hydrogen (secondary N) is 1. The van der Waals surface area contributed by atoms with E-state index in [1.807, 2.05) is 0 Å². The number of aliphatic hydroxyl groups is 1. The third-order valence-corrected chi connectivity index (χ3v) is 3.57. The lowest BCUT2D eigenvalue weighted by Gasteiger charge is -2.31. The van der Waals surface area contributed by atoms with E-state index < -0.39 is 5.97 Å². The Morgan fingerprint density at radius 1 is 1.33 bits per heavy atom. The summed E-state index contributed by atoms with van der Waals surface area (Å²) in [6.45, 7) is 1.42. The predicted octanol–water partition coefficient (Wildman–Crippen LogP) is 0.945. The zero-order chi connectivity index (χ0) is 15.2. The average molecular weight is 293 g/mol. The molecule has 7 nitrogen and oxygen atoms in total. The Morgan fingerprint density at radius 3 is 2.57 bits per heavy atom. The van der Waals surface area contributed by atoms with E-state index in [1.165, 1.54) is 6.20 Å². The molecule has 2 amide bonds. The van der Waals surface area contributed by atoms with E-state index >= 15 is 0 Å². The van der Waals surface area contributed by atoms with Crippen LogP contribution in [0.4, 0.5) is 10.5 Å². The molecule has 0 spiro atoms. The van der Waals surface area contributed by atoms with Crippen molar-refractivity contribution in [2.75, 3.05) is 25.0 Å². The zero-order valence-corrected chi connectivity index (χ0v) is 11.7. The number of carbonyl (C=O) groups excluding carboxylic acids is 1. The highest BCUT2D eigenvalue weighted by atomic mass is 16.4. The molecule has 0 aromatic carbocycles. The number of aromatic nitrogens is 1. The fraction of sp³-hybridized carbons (Fsp3) is 0.500. The molecule has 1 aliphatic rings. The van der Waals surface area contributed by atoms with Crippen molar-refractivity contribution in [1.29, 1.82) is 0 Å². The quantitative estimate of drug-likeness (QED) is 0.767. The first-order valence-electron chi connectivity index (χ1n) is 6.92. The van der Waals surface area contributed by atoms with Crippen LogP contribution < -0.4 is 5.32 Å². The second-order valence-corrected chi connectivity index (χ2v) is 5.15. The van der Waals surface area contributed by atoms with Crippen LogP contribution in [-0.2, 0) is 11.2 Å². The molecule has 0 saturated carbocycles. The molecule has 0 radical (unpaired) electrons.